The molecule has 0 unspecified atom stereocenters. The molecule has 3 heteroatoms. The van der Waals surface area contributed by atoms with Crippen LogP contribution in [0.25, 0.3) is 0 Å². The lowest BCUT2D eigenvalue weighted by molar-refractivity contribution is 0.266. The molecule has 1 aliphatic heterocycles. The van der Waals surface area contributed by atoms with E-state index >= 15 is 0 Å². The third kappa shape index (κ3) is 6.06. The summed E-state index contributed by atoms with van der Waals surface area (Å²) in [4.78, 5) is 2.58. The van der Waals surface area contributed by atoms with E-state index in [9.17, 15) is 0 Å². The lowest BCUT2D eigenvalue weighted by Gasteiger charge is -2.19. The molecular formula is C18H30N2O. The number of ether oxygens (including phenoxy) is 1. The fourth-order valence-corrected chi connectivity index (χ4v) is 2.73. The lowest BCUT2D eigenvalue weighted by Crippen LogP contribution is -2.29. The highest BCUT2D eigenvalue weighted by molar-refractivity contribution is 5.33. The molecule has 1 aromatic rings. The number of nitrogens with zero attached hydrogens (tertiary/aromatic N) is 1. The van der Waals surface area contributed by atoms with E-state index in [1.165, 1.54) is 44.6 Å². The van der Waals surface area contributed by atoms with Crippen LogP contribution < -0.4 is 10.1 Å². The first-order valence-corrected chi connectivity index (χ1v) is 8.39. The summed E-state index contributed by atoms with van der Waals surface area (Å²) in [7, 11) is 0. The van der Waals surface area contributed by atoms with Crippen molar-refractivity contribution in [2.24, 2.45) is 5.92 Å². The standard InChI is InChI=1S/C18H30N2O/c1-16(2)15-21-18-9-4-3-7-17(18)8-5-12-20-13-6-10-19-11-14-20/h3-4,7,9,16,19H,5-6,8,10-15H2,1-2H3. The van der Waals surface area contributed by atoms with Crippen molar-refractivity contribution in [2.45, 2.75) is 33.1 Å². The molecule has 0 saturated carbocycles. The van der Waals surface area contributed by atoms with E-state index in [1.807, 2.05) is 0 Å². The van der Waals surface area contributed by atoms with E-state index in [4.69, 9.17) is 4.74 Å². The fourth-order valence-electron chi connectivity index (χ4n) is 2.73. The van der Waals surface area contributed by atoms with E-state index in [1.54, 1.807) is 0 Å². The molecule has 1 N–H and O–H groups in total. The molecule has 1 heterocycles. The summed E-state index contributed by atoms with van der Waals surface area (Å²) >= 11 is 0. The first-order chi connectivity index (χ1) is 10.3. The Labute approximate surface area is 129 Å². The van der Waals surface area contributed by atoms with Gasteiger partial charge >= 0.3 is 0 Å². The lowest BCUT2D eigenvalue weighted by atomic mass is 10.1. The number of rotatable bonds is 7. The zero-order valence-corrected chi connectivity index (χ0v) is 13.6. The quantitative estimate of drug-likeness (QED) is 0.835. The molecule has 0 bridgehead atoms. The van der Waals surface area contributed by atoms with Gasteiger partial charge in [0, 0.05) is 13.1 Å². The maximum Gasteiger partial charge on any atom is 0.122 e. The summed E-state index contributed by atoms with van der Waals surface area (Å²) in [6.07, 6.45) is 3.59. The van der Waals surface area contributed by atoms with Gasteiger partial charge in [-0.25, -0.2) is 0 Å². The van der Waals surface area contributed by atoms with E-state index in [0.717, 1.165) is 25.3 Å². The maximum absolute atomic E-state index is 5.94. The Bertz CT molecular complexity index is 398. The van der Waals surface area contributed by atoms with Gasteiger partial charge in [-0.05, 0) is 56.4 Å². The molecule has 3 nitrogen and oxygen atoms in total. The van der Waals surface area contributed by atoms with Gasteiger partial charge in [0.05, 0.1) is 6.61 Å². The smallest absolute Gasteiger partial charge is 0.122 e. The van der Waals surface area contributed by atoms with Crippen LogP contribution in [-0.4, -0.2) is 44.2 Å². The highest BCUT2D eigenvalue weighted by Gasteiger charge is 2.09. The Morgan fingerprint density at radius 1 is 1.19 bits per heavy atom. The molecule has 1 aromatic carbocycles. The number of benzene rings is 1. The van der Waals surface area contributed by atoms with Crippen LogP contribution in [0.1, 0.15) is 32.3 Å². The second-order valence-corrected chi connectivity index (χ2v) is 6.36. The van der Waals surface area contributed by atoms with Gasteiger partial charge in [0.1, 0.15) is 5.75 Å². The monoisotopic (exact) mass is 290 g/mol. The van der Waals surface area contributed by atoms with Crippen molar-refractivity contribution in [3.05, 3.63) is 29.8 Å². The first-order valence-electron chi connectivity index (χ1n) is 8.39. The van der Waals surface area contributed by atoms with Crippen LogP contribution in [0.3, 0.4) is 0 Å². The predicted molar refractivity (Wildman–Crippen MR) is 89.0 cm³/mol. The Hall–Kier alpha value is -1.06. The molecule has 0 radical (unpaired) electrons. The van der Waals surface area contributed by atoms with Crippen LogP contribution in [-0.2, 0) is 6.42 Å². The average Bonchev–Trinajstić information content (AvgIpc) is 2.75. The summed E-state index contributed by atoms with van der Waals surface area (Å²) < 4.78 is 5.94. The van der Waals surface area contributed by atoms with Crippen LogP contribution in [0.15, 0.2) is 24.3 Å². The van der Waals surface area contributed by atoms with Crippen molar-refractivity contribution in [3.8, 4) is 5.75 Å². The Morgan fingerprint density at radius 2 is 2.05 bits per heavy atom. The van der Waals surface area contributed by atoms with Crippen LogP contribution in [0.2, 0.25) is 0 Å². The SMILES string of the molecule is CC(C)COc1ccccc1CCCN1CCCNCC1. The fraction of sp³-hybridized carbons (Fsp3) is 0.667. The number of hydrogen-bond acceptors (Lipinski definition) is 3. The van der Waals surface area contributed by atoms with Crippen molar-refractivity contribution < 1.29 is 4.74 Å². The third-order valence-corrected chi connectivity index (χ3v) is 3.90. The van der Waals surface area contributed by atoms with E-state index in [2.05, 4.69) is 48.3 Å². The molecule has 2 rings (SSSR count). The van der Waals surface area contributed by atoms with Gasteiger partial charge in [-0.1, -0.05) is 32.0 Å². The highest BCUT2D eigenvalue weighted by Crippen LogP contribution is 2.20. The Morgan fingerprint density at radius 3 is 2.90 bits per heavy atom. The molecule has 0 aromatic heterocycles. The van der Waals surface area contributed by atoms with Gasteiger partial charge in [-0.2, -0.15) is 0 Å². The number of aryl methyl sites for hydroxylation is 1. The van der Waals surface area contributed by atoms with Crippen molar-refractivity contribution in [1.82, 2.24) is 10.2 Å². The number of nitrogens with one attached hydrogen (secondary N) is 1. The van der Waals surface area contributed by atoms with Gasteiger partial charge in [0.25, 0.3) is 0 Å². The Kier molecular flexibility index (Phi) is 7.04. The summed E-state index contributed by atoms with van der Waals surface area (Å²) in [5, 5.41) is 3.46. The van der Waals surface area contributed by atoms with Crippen molar-refractivity contribution >= 4 is 0 Å². The van der Waals surface area contributed by atoms with Gasteiger partial charge in [0.2, 0.25) is 0 Å². The van der Waals surface area contributed by atoms with Crippen LogP contribution in [0, 0.1) is 5.92 Å². The van der Waals surface area contributed by atoms with Crippen molar-refractivity contribution in [1.29, 1.82) is 0 Å². The molecule has 1 fully saturated rings. The van der Waals surface area contributed by atoms with Crippen LogP contribution >= 0.6 is 0 Å². The molecule has 0 amide bonds. The van der Waals surface area contributed by atoms with E-state index in [-0.39, 0.29) is 0 Å². The molecule has 0 spiro atoms. The van der Waals surface area contributed by atoms with Gasteiger partial charge in [-0.3, -0.25) is 0 Å². The largest absolute Gasteiger partial charge is 0.493 e. The van der Waals surface area contributed by atoms with Gasteiger partial charge in [0.15, 0.2) is 0 Å². The Balaban J connectivity index is 1.79. The molecule has 1 aliphatic rings. The molecule has 0 aliphatic carbocycles. The summed E-state index contributed by atoms with van der Waals surface area (Å²) in [6, 6.07) is 8.50. The minimum absolute atomic E-state index is 0.572. The summed E-state index contributed by atoms with van der Waals surface area (Å²) in [5.74, 6) is 1.64. The molecule has 118 valence electrons. The van der Waals surface area contributed by atoms with Crippen molar-refractivity contribution in [3.63, 3.8) is 0 Å². The average molecular weight is 290 g/mol. The molecular weight excluding hydrogens is 260 g/mol. The van der Waals surface area contributed by atoms with Gasteiger partial charge in [-0.15, -0.1) is 0 Å². The second-order valence-electron chi connectivity index (χ2n) is 6.36. The zero-order chi connectivity index (χ0) is 14.9. The number of hydrogen-bond donors (Lipinski definition) is 1. The minimum Gasteiger partial charge on any atom is -0.493 e. The minimum atomic E-state index is 0.572. The third-order valence-electron chi connectivity index (χ3n) is 3.90. The van der Waals surface area contributed by atoms with Crippen LogP contribution in [0.5, 0.6) is 5.75 Å². The predicted octanol–water partition coefficient (Wildman–Crippen LogP) is 2.95. The van der Waals surface area contributed by atoms with Gasteiger partial charge < -0.3 is 15.0 Å². The second kappa shape index (κ2) is 9.06. The summed E-state index contributed by atoms with van der Waals surface area (Å²) in [6.45, 7) is 11.1. The molecule has 0 atom stereocenters. The molecule has 21 heavy (non-hydrogen) atoms. The zero-order valence-electron chi connectivity index (χ0n) is 13.6. The number of para-hydroxylation sites is 1. The van der Waals surface area contributed by atoms with Crippen LogP contribution in [0.4, 0.5) is 0 Å². The van der Waals surface area contributed by atoms with E-state index < -0.39 is 0 Å². The topological polar surface area (TPSA) is 24.5 Å². The maximum atomic E-state index is 5.94. The molecule has 1 saturated heterocycles. The normalized spacial score (nSPS) is 16.9. The van der Waals surface area contributed by atoms with E-state index in [0.29, 0.717) is 5.92 Å². The first kappa shape index (κ1) is 16.3. The summed E-state index contributed by atoms with van der Waals surface area (Å²) in [5.41, 5.74) is 1.35. The van der Waals surface area contributed by atoms with Crippen molar-refractivity contribution in [2.75, 3.05) is 39.3 Å². The highest BCUT2D eigenvalue weighted by atomic mass is 16.5.